The Morgan fingerprint density at radius 1 is 1.19 bits per heavy atom. The number of carbonyl (C=O) groups excluding carboxylic acids is 1. The highest BCUT2D eigenvalue weighted by atomic mass is 16.1. The van der Waals surface area contributed by atoms with Crippen molar-refractivity contribution in [2.24, 2.45) is 5.41 Å². The van der Waals surface area contributed by atoms with Crippen LogP contribution in [-0.4, -0.2) is 5.78 Å². The third-order valence-electron chi connectivity index (χ3n) is 4.69. The van der Waals surface area contributed by atoms with Crippen molar-refractivity contribution in [3.05, 3.63) is 34.9 Å². The van der Waals surface area contributed by atoms with Crippen LogP contribution < -0.4 is 0 Å². The van der Waals surface area contributed by atoms with Gasteiger partial charge in [0, 0.05) is 11.0 Å². The smallest absolute Gasteiger partial charge is 0.169 e. The summed E-state index contributed by atoms with van der Waals surface area (Å²) in [5.74, 6) is 0.239. The Balaban J connectivity index is 1.93. The monoisotopic (exact) mass is 283 g/mol. The number of fused-ring (bicyclic) bond motifs is 1. The number of Topliss-reactive ketones (excluding diaryl/α,β-unsaturated/α-hetero) is 1. The van der Waals surface area contributed by atoms with Crippen LogP contribution in [0.4, 0.5) is 0 Å². The summed E-state index contributed by atoms with van der Waals surface area (Å²) in [7, 11) is 0. The molecule has 2 nitrogen and oxygen atoms in total. The topological polar surface area (TPSA) is 40.9 Å². The summed E-state index contributed by atoms with van der Waals surface area (Å²) >= 11 is 0. The first-order valence-corrected chi connectivity index (χ1v) is 8.18. The molecule has 1 aromatic rings. The molecule has 0 heterocycles. The normalized spacial score (nSPS) is 20.3. The first kappa shape index (κ1) is 15.8. The van der Waals surface area contributed by atoms with Crippen molar-refractivity contribution in [3.63, 3.8) is 0 Å². The van der Waals surface area contributed by atoms with E-state index in [1.54, 1.807) is 6.07 Å². The molecule has 0 saturated carbocycles. The molecule has 2 heteroatoms. The van der Waals surface area contributed by atoms with E-state index in [1.807, 2.05) is 12.1 Å². The molecular formula is C19H25NO. The maximum absolute atomic E-state index is 12.6. The molecule has 0 N–H and O–H groups in total. The molecule has 112 valence electrons. The standard InChI is InChI=1S/C19H25NO/c1-3-4-5-6-7-8-11-19(2)13-16-10-9-15(14-20)12-17(16)18(19)21/h9-10,12H,3-8,11,13H2,1-2H3. The zero-order valence-corrected chi connectivity index (χ0v) is 13.2. The molecule has 0 saturated heterocycles. The van der Waals surface area contributed by atoms with Crippen LogP contribution in [0, 0.1) is 16.7 Å². The molecule has 1 unspecified atom stereocenters. The summed E-state index contributed by atoms with van der Waals surface area (Å²) in [6, 6.07) is 7.67. The highest BCUT2D eigenvalue weighted by Gasteiger charge is 2.40. The predicted molar refractivity (Wildman–Crippen MR) is 85.3 cm³/mol. The van der Waals surface area contributed by atoms with E-state index < -0.39 is 0 Å². The second kappa shape index (κ2) is 6.89. The number of nitriles is 1. The van der Waals surface area contributed by atoms with Gasteiger partial charge in [-0.15, -0.1) is 0 Å². The lowest BCUT2D eigenvalue weighted by Gasteiger charge is -2.21. The van der Waals surface area contributed by atoms with Crippen molar-refractivity contribution in [2.45, 2.75) is 65.2 Å². The van der Waals surface area contributed by atoms with Crippen molar-refractivity contribution >= 4 is 5.78 Å². The molecule has 1 aromatic carbocycles. The largest absolute Gasteiger partial charge is 0.294 e. The fourth-order valence-corrected chi connectivity index (χ4v) is 3.33. The van der Waals surface area contributed by atoms with Gasteiger partial charge in [-0.1, -0.05) is 58.4 Å². The lowest BCUT2D eigenvalue weighted by molar-refractivity contribution is 0.0826. The van der Waals surface area contributed by atoms with Gasteiger partial charge in [-0.25, -0.2) is 0 Å². The van der Waals surface area contributed by atoms with E-state index in [-0.39, 0.29) is 11.2 Å². The number of unbranched alkanes of at least 4 members (excludes halogenated alkanes) is 5. The molecule has 0 fully saturated rings. The zero-order chi connectivity index (χ0) is 15.3. The van der Waals surface area contributed by atoms with Crippen molar-refractivity contribution in [1.82, 2.24) is 0 Å². The maximum Gasteiger partial charge on any atom is 0.169 e. The van der Waals surface area contributed by atoms with Crippen molar-refractivity contribution in [2.75, 3.05) is 0 Å². The van der Waals surface area contributed by atoms with Crippen LogP contribution in [0.25, 0.3) is 0 Å². The Morgan fingerprint density at radius 3 is 2.62 bits per heavy atom. The van der Waals surface area contributed by atoms with Crippen LogP contribution >= 0.6 is 0 Å². The van der Waals surface area contributed by atoms with Crippen LogP contribution in [0.15, 0.2) is 18.2 Å². The molecule has 0 bridgehead atoms. The molecule has 1 atom stereocenters. The first-order chi connectivity index (χ1) is 10.1. The van der Waals surface area contributed by atoms with Gasteiger partial charge in [0.2, 0.25) is 0 Å². The fraction of sp³-hybridized carbons (Fsp3) is 0.579. The summed E-state index contributed by atoms with van der Waals surface area (Å²) in [5.41, 5.74) is 2.24. The number of hydrogen-bond donors (Lipinski definition) is 0. The maximum atomic E-state index is 12.6. The number of nitrogens with zero attached hydrogens (tertiary/aromatic N) is 1. The van der Waals surface area contributed by atoms with Gasteiger partial charge in [-0.2, -0.15) is 5.26 Å². The van der Waals surface area contributed by atoms with E-state index in [0.717, 1.165) is 30.4 Å². The van der Waals surface area contributed by atoms with Crippen LogP contribution in [0.5, 0.6) is 0 Å². The van der Waals surface area contributed by atoms with E-state index in [4.69, 9.17) is 5.26 Å². The third kappa shape index (κ3) is 3.53. The second-order valence-electron chi connectivity index (χ2n) is 6.57. The molecule has 21 heavy (non-hydrogen) atoms. The lowest BCUT2D eigenvalue weighted by Crippen LogP contribution is -2.23. The highest BCUT2D eigenvalue weighted by Crippen LogP contribution is 2.40. The average molecular weight is 283 g/mol. The van der Waals surface area contributed by atoms with E-state index in [1.165, 1.54) is 32.1 Å². The van der Waals surface area contributed by atoms with Gasteiger partial charge in [-0.3, -0.25) is 4.79 Å². The molecule has 1 aliphatic rings. The summed E-state index contributed by atoms with van der Waals surface area (Å²) in [4.78, 5) is 12.6. The molecule has 0 spiro atoms. The minimum Gasteiger partial charge on any atom is -0.294 e. The SMILES string of the molecule is CCCCCCCCC1(C)Cc2ccc(C#N)cc2C1=O. The Morgan fingerprint density at radius 2 is 1.90 bits per heavy atom. The minimum atomic E-state index is -0.249. The molecule has 0 amide bonds. The number of benzene rings is 1. The summed E-state index contributed by atoms with van der Waals surface area (Å²) in [5, 5.41) is 8.97. The Kier molecular flexibility index (Phi) is 5.17. The number of hydrogen-bond acceptors (Lipinski definition) is 2. The molecule has 1 aliphatic carbocycles. The van der Waals surface area contributed by atoms with Crippen LogP contribution in [-0.2, 0) is 6.42 Å². The van der Waals surface area contributed by atoms with Gasteiger partial charge in [-0.05, 0) is 30.5 Å². The lowest BCUT2D eigenvalue weighted by atomic mass is 9.81. The van der Waals surface area contributed by atoms with Gasteiger partial charge >= 0.3 is 0 Å². The van der Waals surface area contributed by atoms with E-state index in [2.05, 4.69) is 19.9 Å². The Hall–Kier alpha value is -1.62. The van der Waals surface area contributed by atoms with Crippen LogP contribution in [0.2, 0.25) is 0 Å². The number of carbonyl (C=O) groups is 1. The highest BCUT2D eigenvalue weighted by molar-refractivity contribution is 6.04. The molecule has 0 aromatic heterocycles. The van der Waals surface area contributed by atoms with Gasteiger partial charge < -0.3 is 0 Å². The van der Waals surface area contributed by atoms with E-state index >= 15 is 0 Å². The van der Waals surface area contributed by atoms with Gasteiger partial charge in [0.1, 0.15) is 0 Å². The average Bonchev–Trinajstić information content (AvgIpc) is 2.74. The summed E-state index contributed by atoms with van der Waals surface area (Å²) in [6.07, 6.45) is 9.34. The van der Waals surface area contributed by atoms with Crippen molar-refractivity contribution < 1.29 is 4.79 Å². The molecule has 0 radical (unpaired) electrons. The second-order valence-corrected chi connectivity index (χ2v) is 6.57. The fourth-order valence-electron chi connectivity index (χ4n) is 3.33. The van der Waals surface area contributed by atoms with E-state index in [9.17, 15) is 4.79 Å². The number of rotatable bonds is 7. The van der Waals surface area contributed by atoms with Crippen molar-refractivity contribution in [1.29, 1.82) is 5.26 Å². The summed E-state index contributed by atoms with van der Waals surface area (Å²) < 4.78 is 0. The van der Waals surface area contributed by atoms with E-state index in [0.29, 0.717) is 5.56 Å². The molecular weight excluding hydrogens is 258 g/mol. The van der Waals surface area contributed by atoms with Gasteiger partial charge in [0.15, 0.2) is 5.78 Å². The molecule has 2 rings (SSSR count). The minimum absolute atomic E-state index is 0.239. The quantitative estimate of drug-likeness (QED) is 0.657. The van der Waals surface area contributed by atoms with Gasteiger partial charge in [0.25, 0.3) is 0 Å². The van der Waals surface area contributed by atoms with Crippen LogP contribution in [0.3, 0.4) is 0 Å². The first-order valence-electron chi connectivity index (χ1n) is 8.18. The van der Waals surface area contributed by atoms with Crippen molar-refractivity contribution in [3.8, 4) is 6.07 Å². The summed E-state index contributed by atoms with van der Waals surface area (Å²) in [6.45, 7) is 4.32. The zero-order valence-electron chi connectivity index (χ0n) is 13.2. The molecule has 0 aliphatic heterocycles. The predicted octanol–water partition coefficient (Wildman–Crippen LogP) is 5.05. The third-order valence-corrected chi connectivity index (χ3v) is 4.69. The van der Waals surface area contributed by atoms with Crippen LogP contribution in [0.1, 0.15) is 80.3 Å². The Bertz CT molecular complexity index is 555. The van der Waals surface area contributed by atoms with Gasteiger partial charge in [0.05, 0.1) is 11.6 Å². The number of ketones is 1. The Labute approximate surface area is 128 Å².